The van der Waals surface area contributed by atoms with Gasteiger partial charge in [-0.1, -0.05) is 6.07 Å². The average molecular weight is 161 g/mol. The maximum absolute atomic E-state index is 10.0. The quantitative estimate of drug-likeness (QED) is 0.641. The maximum atomic E-state index is 10.0. The summed E-state index contributed by atoms with van der Waals surface area (Å²) in [5, 5.41) is 0. The number of carbonyl (C=O) groups excluding carboxylic acids is 2. The molecule has 1 heterocycles. The number of rotatable bonds is 4. The van der Waals surface area contributed by atoms with Crippen LogP contribution in [0.25, 0.3) is 0 Å². The summed E-state index contributed by atoms with van der Waals surface area (Å²) in [6.45, 7) is 0. The largest absolute Gasteiger partial charge is 0.290 e. The van der Waals surface area contributed by atoms with E-state index in [2.05, 4.69) is 4.98 Å². The SMILES string of the molecule is O=[C]Cc1cccc(C[C]=O)n1. The van der Waals surface area contributed by atoms with Crippen LogP contribution in [0.15, 0.2) is 18.2 Å². The molecule has 12 heavy (non-hydrogen) atoms. The molecule has 0 saturated heterocycles. The molecule has 1 aromatic rings. The number of aromatic nitrogens is 1. The molecule has 2 radical (unpaired) electrons. The Bertz CT molecular complexity index is 258. The zero-order valence-corrected chi connectivity index (χ0v) is 6.41. The van der Waals surface area contributed by atoms with E-state index in [-0.39, 0.29) is 12.8 Å². The Labute approximate surface area is 70.4 Å². The second-order valence-electron chi connectivity index (χ2n) is 2.26. The van der Waals surface area contributed by atoms with Crippen molar-refractivity contribution in [2.45, 2.75) is 12.8 Å². The van der Waals surface area contributed by atoms with Crippen LogP contribution in [-0.4, -0.2) is 17.6 Å². The molecule has 1 rings (SSSR count). The van der Waals surface area contributed by atoms with Crippen molar-refractivity contribution < 1.29 is 9.59 Å². The first-order chi connectivity index (χ1) is 5.86. The summed E-state index contributed by atoms with van der Waals surface area (Å²) in [5.74, 6) is 0. The standard InChI is InChI=1S/C9H7NO2/c11-6-4-8-2-1-3-9(10-8)5-7-12/h1-3H,4-5H2. The Balaban J connectivity index is 2.79. The highest BCUT2D eigenvalue weighted by Crippen LogP contribution is 1.99. The van der Waals surface area contributed by atoms with E-state index >= 15 is 0 Å². The van der Waals surface area contributed by atoms with E-state index in [4.69, 9.17) is 0 Å². The Morgan fingerprint density at radius 1 is 1.08 bits per heavy atom. The Hall–Kier alpha value is -1.51. The summed E-state index contributed by atoms with van der Waals surface area (Å²) in [6, 6.07) is 5.20. The summed E-state index contributed by atoms with van der Waals surface area (Å²) in [5.41, 5.74) is 1.27. The van der Waals surface area contributed by atoms with Crippen LogP contribution >= 0.6 is 0 Å². The van der Waals surface area contributed by atoms with Gasteiger partial charge in [-0.05, 0) is 12.1 Å². The molecule has 0 aromatic carbocycles. The van der Waals surface area contributed by atoms with Crippen LogP contribution in [-0.2, 0) is 22.4 Å². The smallest absolute Gasteiger partial charge is 0.204 e. The van der Waals surface area contributed by atoms with E-state index < -0.39 is 0 Å². The topological polar surface area (TPSA) is 47.0 Å². The van der Waals surface area contributed by atoms with Crippen molar-refractivity contribution in [2.24, 2.45) is 0 Å². The summed E-state index contributed by atoms with van der Waals surface area (Å²) < 4.78 is 0. The molecule has 0 amide bonds. The predicted molar refractivity (Wildman–Crippen MR) is 43.0 cm³/mol. The first-order valence-corrected chi connectivity index (χ1v) is 3.51. The highest BCUT2D eigenvalue weighted by molar-refractivity contribution is 5.56. The third-order valence-corrected chi connectivity index (χ3v) is 1.37. The molecule has 0 N–H and O–H groups in total. The van der Waals surface area contributed by atoms with E-state index in [0.29, 0.717) is 11.4 Å². The molecule has 0 unspecified atom stereocenters. The number of hydrogen-bond acceptors (Lipinski definition) is 3. The van der Waals surface area contributed by atoms with Crippen molar-refractivity contribution in [3.05, 3.63) is 29.6 Å². The van der Waals surface area contributed by atoms with Gasteiger partial charge in [0.1, 0.15) is 0 Å². The van der Waals surface area contributed by atoms with Gasteiger partial charge in [-0.15, -0.1) is 0 Å². The predicted octanol–water partition coefficient (Wildman–Crippen LogP) is 0.386. The third-order valence-electron chi connectivity index (χ3n) is 1.37. The average Bonchev–Trinajstić information content (AvgIpc) is 2.06. The van der Waals surface area contributed by atoms with Gasteiger partial charge in [0.05, 0.1) is 12.8 Å². The second-order valence-corrected chi connectivity index (χ2v) is 2.26. The first kappa shape index (κ1) is 8.59. The van der Waals surface area contributed by atoms with Gasteiger partial charge < -0.3 is 0 Å². The molecule has 0 saturated carbocycles. The van der Waals surface area contributed by atoms with Gasteiger partial charge in [0.15, 0.2) is 0 Å². The molecule has 0 fully saturated rings. The lowest BCUT2D eigenvalue weighted by Crippen LogP contribution is -1.96. The van der Waals surface area contributed by atoms with Crippen molar-refractivity contribution in [3.8, 4) is 0 Å². The molecule has 3 nitrogen and oxygen atoms in total. The molecule has 1 aromatic heterocycles. The highest BCUT2D eigenvalue weighted by Gasteiger charge is 1.96. The minimum absolute atomic E-state index is 0.173. The van der Waals surface area contributed by atoms with Crippen molar-refractivity contribution in [1.82, 2.24) is 4.98 Å². The van der Waals surface area contributed by atoms with Gasteiger partial charge >= 0.3 is 0 Å². The minimum atomic E-state index is 0.173. The van der Waals surface area contributed by atoms with Crippen LogP contribution in [0.5, 0.6) is 0 Å². The van der Waals surface area contributed by atoms with Crippen molar-refractivity contribution >= 4 is 12.6 Å². The van der Waals surface area contributed by atoms with Crippen LogP contribution in [0.4, 0.5) is 0 Å². The van der Waals surface area contributed by atoms with Gasteiger partial charge in [-0.2, -0.15) is 0 Å². The van der Waals surface area contributed by atoms with Crippen LogP contribution in [0, 0.1) is 0 Å². The fourth-order valence-electron chi connectivity index (χ4n) is 0.874. The molecular formula is C9H7NO2. The number of nitrogens with zero attached hydrogens (tertiary/aromatic N) is 1. The van der Waals surface area contributed by atoms with Gasteiger partial charge in [-0.3, -0.25) is 14.6 Å². The lowest BCUT2D eigenvalue weighted by atomic mass is 10.2. The molecule has 0 bridgehead atoms. The van der Waals surface area contributed by atoms with Crippen LogP contribution in [0.1, 0.15) is 11.4 Å². The molecular weight excluding hydrogens is 154 g/mol. The molecule has 0 spiro atoms. The van der Waals surface area contributed by atoms with E-state index in [0.717, 1.165) is 0 Å². The summed E-state index contributed by atoms with van der Waals surface area (Å²) in [4.78, 5) is 24.0. The van der Waals surface area contributed by atoms with Crippen molar-refractivity contribution in [3.63, 3.8) is 0 Å². The van der Waals surface area contributed by atoms with E-state index in [1.54, 1.807) is 30.8 Å². The zero-order chi connectivity index (χ0) is 8.81. The Kier molecular flexibility index (Phi) is 3.14. The van der Waals surface area contributed by atoms with Crippen LogP contribution < -0.4 is 0 Å². The summed E-state index contributed by atoms with van der Waals surface area (Å²) in [6.07, 6.45) is 3.83. The van der Waals surface area contributed by atoms with Crippen molar-refractivity contribution in [2.75, 3.05) is 0 Å². The lowest BCUT2D eigenvalue weighted by molar-refractivity contribution is 0.554. The van der Waals surface area contributed by atoms with Gasteiger partial charge in [0, 0.05) is 11.4 Å². The normalized spacial score (nSPS) is 9.33. The molecule has 60 valence electrons. The zero-order valence-electron chi connectivity index (χ0n) is 6.41. The first-order valence-electron chi connectivity index (χ1n) is 3.51. The number of pyridine rings is 1. The lowest BCUT2D eigenvalue weighted by Gasteiger charge is -1.96. The van der Waals surface area contributed by atoms with E-state index in [9.17, 15) is 9.59 Å². The van der Waals surface area contributed by atoms with Gasteiger partial charge in [0.25, 0.3) is 0 Å². The fourth-order valence-corrected chi connectivity index (χ4v) is 0.874. The number of hydrogen-bond donors (Lipinski definition) is 0. The monoisotopic (exact) mass is 161 g/mol. The third kappa shape index (κ3) is 2.27. The summed E-state index contributed by atoms with van der Waals surface area (Å²) in [7, 11) is 0. The van der Waals surface area contributed by atoms with Gasteiger partial charge in [-0.25, -0.2) is 0 Å². The highest BCUT2D eigenvalue weighted by atomic mass is 16.1. The molecule has 0 atom stereocenters. The molecule has 0 aliphatic heterocycles. The van der Waals surface area contributed by atoms with E-state index in [1.807, 2.05) is 0 Å². The van der Waals surface area contributed by atoms with Crippen molar-refractivity contribution in [1.29, 1.82) is 0 Å². The second kappa shape index (κ2) is 4.38. The molecule has 3 heteroatoms. The fraction of sp³-hybridized carbons (Fsp3) is 0.222. The molecule has 0 aliphatic carbocycles. The Morgan fingerprint density at radius 2 is 1.58 bits per heavy atom. The van der Waals surface area contributed by atoms with Gasteiger partial charge in [0.2, 0.25) is 12.6 Å². The minimum Gasteiger partial charge on any atom is -0.290 e. The summed E-state index contributed by atoms with van der Waals surface area (Å²) >= 11 is 0. The maximum Gasteiger partial charge on any atom is 0.204 e. The van der Waals surface area contributed by atoms with E-state index in [1.165, 1.54) is 0 Å². The van der Waals surface area contributed by atoms with Crippen LogP contribution in [0.2, 0.25) is 0 Å². The van der Waals surface area contributed by atoms with Crippen LogP contribution in [0.3, 0.4) is 0 Å². The molecule has 0 aliphatic rings. The Morgan fingerprint density at radius 3 is 2.00 bits per heavy atom.